The van der Waals surface area contributed by atoms with Crippen LogP contribution in [0.15, 0.2) is 64.7 Å². The largest absolute Gasteiger partial charge is 0.493 e. The molecule has 0 aromatic heterocycles. The number of benzene rings is 2. The van der Waals surface area contributed by atoms with Crippen LogP contribution in [0.3, 0.4) is 0 Å². The van der Waals surface area contributed by atoms with Crippen LogP contribution in [-0.4, -0.2) is 45.7 Å². The number of ether oxygens (including phenoxy) is 2. The smallest absolute Gasteiger partial charge is 0.261 e. The van der Waals surface area contributed by atoms with E-state index in [2.05, 4.69) is 17.1 Å². The summed E-state index contributed by atoms with van der Waals surface area (Å²) in [6.07, 6.45) is 5.47. The quantitative estimate of drug-likeness (QED) is 0.414. The first-order valence-corrected chi connectivity index (χ1v) is 11.6. The Labute approximate surface area is 189 Å². The summed E-state index contributed by atoms with van der Waals surface area (Å²) in [7, 11) is -0.432. The zero-order valence-corrected chi connectivity index (χ0v) is 19.3. The molecule has 0 radical (unpaired) electrons. The topological polar surface area (TPSA) is 109 Å². The maximum atomic E-state index is 9.76. The van der Waals surface area contributed by atoms with Crippen molar-refractivity contribution in [2.75, 3.05) is 27.0 Å². The molecule has 8 heteroatoms. The second-order valence-electron chi connectivity index (χ2n) is 7.05. The first kappa shape index (κ1) is 24.9. The van der Waals surface area contributed by atoms with Crippen LogP contribution in [0.25, 0.3) is 6.08 Å². The Balaban J connectivity index is 0.000000654. The number of methoxy groups -OCH3 is 2. The van der Waals surface area contributed by atoms with Crippen molar-refractivity contribution in [3.05, 3.63) is 76.4 Å². The first-order chi connectivity index (χ1) is 15.2. The lowest BCUT2D eigenvalue weighted by Crippen LogP contribution is -2.15. The summed E-state index contributed by atoms with van der Waals surface area (Å²) in [5.41, 5.74) is 5.39. The molecule has 1 heterocycles. The van der Waals surface area contributed by atoms with Crippen LogP contribution in [0.1, 0.15) is 23.6 Å². The number of allylic oxidation sites excluding steroid dienone is 3. The van der Waals surface area contributed by atoms with Gasteiger partial charge in [0, 0.05) is 12.1 Å². The normalized spacial score (nSPS) is 13.7. The molecule has 2 aromatic carbocycles. The SMILES string of the molecule is COc1cc2c(cc1OC)C(/C(C#N)=C/C(C)=C/c1ccccc1)=NCC2.CS(=O)(=O)O. The number of hydrogen-bond acceptors (Lipinski definition) is 6. The van der Waals surface area contributed by atoms with Crippen molar-refractivity contribution in [3.8, 4) is 17.6 Å². The van der Waals surface area contributed by atoms with Crippen LogP contribution >= 0.6 is 0 Å². The summed E-state index contributed by atoms with van der Waals surface area (Å²) in [6.45, 7) is 2.64. The fourth-order valence-electron chi connectivity index (χ4n) is 3.19. The number of rotatable bonds is 5. The molecule has 32 heavy (non-hydrogen) atoms. The van der Waals surface area contributed by atoms with Gasteiger partial charge in [-0.3, -0.25) is 9.55 Å². The zero-order valence-electron chi connectivity index (χ0n) is 18.5. The van der Waals surface area contributed by atoms with Gasteiger partial charge in [-0.2, -0.15) is 13.7 Å². The van der Waals surface area contributed by atoms with Crippen LogP contribution in [0.5, 0.6) is 11.5 Å². The summed E-state index contributed by atoms with van der Waals surface area (Å²) in [6, 6.07) is 16.2. The van der Waals surface area contributed by atoms with Gasteiger partial charge in [0.25, 0.3) is 10.1 Å². The lowest BCUT2D eigenvalue weighted by molar-refractivity contribution is 0.354. The number of fused-ring (bicyclic) bond motifs is 1. The van der Waals surface area contributed by atoms with E-state index >= 15 is 0 Å². The second kappa shape index (κ2) is 11.3. The van der Waals surface area contributed by atoms with E-state index in [0.717, 1.165) is 28.7 Å². The van der Waals surface area contributed by atoms with E-state index in [1.165, 1.54) is 0 Å². The average molecular weight is 455 g/mol. The number of nitriles is 1. The summed E-state index contributed by atoms with van der Waals surface area (Å²) >= 11 is 0. The third-order valence-corrected chi connectivity index (χ3v) is 4.46. The molecule has 7 nitrogen and oxygen atoms in total. The molecule has 1 aliphatic rings. The monoisotopic (exact) mass is 454 g/mol. The third-order valence-electron chi connectivity index (χ3n) is 4.46. The van der Waals surface area contributed by atoms with E-state index in [-0.39, 0.29) is 0 Å². The van der Waals surface area contributed by atoms with Gasteiger partial charge in [0.1, 0.15) is 6.07 Å². The highest BCUT2D eigenvalue weighted by Crippen LogP contribution is 2.33. The molecule has 1 N–H and O–H groups in total. The molecule has 0 bridgehead atoms. The molecule has 0 unspecified atom stereocenters. The van der Waals surface area contributed by atoms with Crippen LogP contribution in [0.2, 0.25) is 0 Å². The molecule has 1 aliphatic heterocycles. The molecule has 0 amide bonds. The van der Waals surface area contributed by atoms with Gasteiger partial charge in [0.2, 0.25) is 0 Å². The standard InChI is InChI=1S/C23H22N2O2.CH4O3S/c1-16(11-17-7-5-4-6-8-17)12-19(15-24)23-20-14-22(27-3)21(26-2)13-18(20)9-10-25-23;1-5(2,3)4/h4-8,11-14H,9-10H2,1-3H3;1H3,(H,2,3,4)/b16-11+,19-12+;. The van der Waals surface area contributed by atoms with Gasteiger partial charge in [-0.1, -0.05) is 36.4 Å². The Kier molecular flexibility index (Phi) is 8.76. The van der Waals surface area contributed by atoms with Gasteiger partial charge in [-0.25, -0.2) is 0 Å². The summed E-state index contributed by atoms with van der Waals surface area (Å²) < 4.78 is 36.7. The number of aliphatic imine (C=N–C) groups is 1. The highest BCUT2D eigenvalue weighted by molar-refractivity contribution is 7.85. The molecular weight excluding hydrogens is 428 g/mol. The number of nitrogens with zero attached hydrogens (tertiary/aromatic N) is 2. The molecule has 0 spiro atoms. The Morgan fingerprint density at radius 3 is 2.31 bits per heavy atom. The van der Waals surface area contributed by atoms with E-state index in [9.17, 15) is 13.7 Å². The van der Waals surface area contributed by atoms with Gasteiger partial charge in [0.05, 0.1) is 31.8 Å². The predicted molar refractivity (Wildman–Crippen MR) is 126 cm³/mol. The van der Waals surface area contributed by atoms with Crippen molar-refractivity contribution in [2.24, 2.45) is 4.99 Å². The van der Waals surface area contributed by atoms with Crippen molar-refractivity contribution in [1.82, 2.24) is 0 Å². The molecular formula is C24H26N2O5S. The maximum Gasteiger partial charge on any atom is 0.261 e. The van der Waals surface area contributed by atoms with Crippen LogP contribution < -0.4 is 9.47 Å². The average Bonchev–Trinajstić information content (AvgIpc) is 2.75. The fourth-order valence-corrected chi connectivity index (χ4v) is 3.19. The first-order valence-electron chi connectivity index (χ1n) is 9.74. The van der Waals surface area contributed by atoms with Crippen molar-refractivity contribution < 1.29 is 22.4 Å². The van der Waals surface area contributed by atoms with Crippen molar-refractivity contribution >= 4 is 21.9 Å². The van der Waals surface area contributed by atoms with Crippen LogP contribution in [0.4, 0.5) is 0 Å². The Bertz CT molecular complexity index is 1180. The molecule has 0 saturated carbocycles. The molecule has 2 aromatic rings. The lowest BCUT2D eigenvalue weighted by atomic mass is 9.92. The summed E-state index contributed by atoms with van der Waals surface area (Å²) in [5.74, 6) is 1.33. The van der Waals surface area contributed by atoms with E-state index in [1.807, 2.05) is 55.5 Å². The highest BCUT2D eigenvalue weighted by Gasteiger charge is 2.21. The van der Waals surface area contributed by atoms with E-state index in [4.69, 9.17) is 14.0 Å². The van der Waals surface area contributed by atoms with Gasteiger partial charge < -0.3 is 9.47 Å². The maximum absolute atomic E-state index is 9.76. The second-order valence-corrected chi connectivity index (χ2v) is 8.51. The minimum Gasteiger partial charge on any atom is -0.493 e. The molecule has 0 aliphatic carbocycles. The van der Waals surface area contributed by atoms with Gasteiger partial charge in [-0.05, 0) is 48.3 Å². The van der Waals surface area contributed by atoms with Gasteiger partial charge in [-0.15, -0.1) is 0 Å². The van der Waals surface area contributed by atoms with Crippen molar-refractivity contribution in [1.29, 1.82) is 5.26 Å². The van der Waals surface area contributed by atoms with E-state index in [1.54, 1.807) is 14.2 Å². The highest BCUT2D eigenvalue weighted by atomic mass is 32.2. The van der Waals surface area contributed by atoms with Gasteiger partial charge >= 0.3 is 0 Å². The van der Waals surface area contributed by atoms with E-state index in [0.29, 0.717) is 35.6 Å². The van der Waals surface area contributed by atoms with Crippen LogP contribution in [0, 0.1) is 11.3 Å². The minimum atomic E-state index is -3.67. The molecule has 3 rings (SSSR count). The molecule has 0 saturated heterocycles. The Hall–Kier alpha value is -3.41. The Morgan fingerprint density at radius 1 is 1.16 bits per heavy atom. The fraction of sp³-hybridized carbons (Fsp3) is 0.250. The third kappa shape index (κ3) is 7.38. The summed E-state index contributed by atoms with van der Waals surface area (Å²) in [4.78, 5) is 4.64. The van der Waals surface area contributed by atoms with E-state index < -0.39 is 10.1 Å². The lowest BCUT2D eigenvalue weighted by Gasteiger charge is -2.19. The minimum absolute atomic E-state index is 0.549. The zero-order chi connectivity index (χ0) is 23.7. The Morgan fingerprint density at radius 2 is 1.75 bits per heavy atom. The van der Waals surface area contributed by atoms with Crippen molar-refractivity contribution in [3.63, 3.8) is 0 Å². The number of hydrogen-bond donors (Lipinski definition) is 1. The predicted octanol–water partition coefficient (Wildman–Crippen LogP) is 4.11. The molecule has 0 atom stereocenters. The molecule has 0 fully saturated rings. The molecule has 168 valence electrons. The van der Waals surface area contributed by atoms with Crippen molar-refractivity contribution in [2.45, 2.75) is 13.3 Å². The van der Waals surface area contributed by atoms with Gasteiger partial charge in [0.15, 0.2) is 11.5 Å². The van der Waals surface area contributed by atoms with Crippen LogP contribution in [-0.2, 0) is 16.5 Å². The summed E-state index contributed by atoms with van der Waals surface area (Å²) in [5, 5.41) is 9.76.